The number of benzene rings is 1. The summed E-state index contributed by atoms with van der Waals surface area (Å²) in [5.41, 5.74) is 0.772. The van der Waals surface area contributed by atoms with Crippen molar-refractivity contribution in [3.8, 4) is 11.3 Å². The molecule has 5 heteroatoms. The minimum Gasteiger partial charge on any atom is -0.316 e. The standard InChI is InChI=1S/C14H14F2N2S/c15-11-5-1-4-10(13(11)16)12-8-19-14(18-12)9-3-2-6-17-7-9/h1,4-5,8-9,17H,2-3,6-7H2. The third-order valence-electron chi connectivity index (χ3n) is 3.40. The van der Waals surface area contributed by atoms with E-state index in [4.69, 9.17) is 0 Å². The SMILES string of the molecule is Fc1cccc(-c2csc(C3CCCNC3)n2)c1F. The van der Waals surface area contributed by atoms with Crippen molar-refractivity contribution < 1.29 is 8.78 Å². The van der Waals surface area contributed by atoms with Crippen LogP contribution in [0.5, 0.6) is 0 Å². The summed E-state index contributed by atoms with van der Waals surface area (Å²) >= 11 is 1.53. The molecule has 2 nitrogen and oxygen atoms in total. The first-order chi connectivity index (χ1) is 9.25. The van der Waals surface area contributed by atoms with Gasteiger partial charge in [-0.3, -0.25) is 0 Å². The van der Waals surface area contributed by atoms with Crippen molar-refractivity contribution in [2.24, 2.45) is 0 Å². The molecule has 3 rings (SSSR count). The Balaban J connectivity index is 1.90. The van der Waals surface area contributed by atoms with Crippen molar-refractivity contribution in [1.29, 1.82) is 0 Å². The molecule has 0 bridgehead atoms. The average Bonchev–Trinajstić information content (AvgIpc) is 2.92. The molecule has 0 saturated carbocycles. The summed E-state index contributed by atoms with van der Waals surface area (Å²) in [5, 5.41) is 6.15. The molecule has 2 aromatic rings. The van der Waals surface area contributed by atoms with Crippen LogP contribution in [-0.2, 0) is 0 Å². The third kappa shape index (κ3) is 2.53. The van der Waals surface area contributed by atoms with E-state index < -0.39 is 11.6 Å². The lowest BCUT2D eigenvalue weighted by molar-refractivity contribution is 0.460. The van der Waals surface area contributed by atoms with Crippen LogP contribution in [0.3, 0.4) is 0 Å². The van der Waals surface area contributed by atoms with E-state index in [1.165, 1.54) is 17.4 Å². The van der Waals surface area contributed by atoms with Gasteiger partial charge in [0.2, 0.25) is 0 Å². The smallest absolute Gasteiger partial charge is 0.168 e. The highest BCUT2D eigenvalue weighted by Crippen LogP contribution is 2.31. The number of thiazole rings is 1. The summed E-state index contributed by atoms with van der Waals surface area (Å²) < 4.78 is 26.9. The van der Waals surface area contributed by atoms with Gasteiger partial charge in [0.15, 0.2) is 11.6 Å². The first-order valence-corrected chi connectivity index (χ1v) is 7.24. The van der Waals surface area contributed by atoms with Crippen LogP contribution in [0.2, 0.25) is 0 Å². The Morgan fingerprint density at radius 2 is 2.21 bits per heavy atom. The number of nitrogens with one attached hydrogen (secondary N) is 1. The fraction of sp³-hybridized carbons (Fsp3) is 0.357. The van der Waals surface area contributed by atoms with E-state index in [0.717, 1.165) is 37.0 Å². The van der Waals surface area contributed by atoms with Gasteiger partial charge in [-0.25, -0.2) is 13.8 Å². The van der Waals surface area contributed by atoms with E-state index in [2.05, 4.69) is 10.3 Å². The van der Waals surface area contributed by atoms with Crippen molar-refractivity contribution in [1.82, 2.24) is 10.3 Å². The second-order valence-corrected chi connectivity index (χ2v) is 5.61. The Bertz CT molecular complexity index is 577. The van der Waals surface area contributed by atoms with Gasteiger partial charge < -0.3 is 5.32 Å². The second kappa shape index (κ2) is 5.35. The number of nitrogens with zero attached hydrogens (tertiary/aromatic N) is 1. The third-order valence-corrected chi connectivity index (χ3v) is 4.40. The highest BCUT2D eigenvalue weighted by molar-refractivity contribution is 7.10. The molecule has 1 atom stereocenters. The van der Waals surface area contributed by atoms with Crippen LogP contribution < -0.4 is 5.32 Å². The molecule has 1 fully saturated rings. The molecule has 0 radical (unpaired) electrons. The van der Waals surface area contributed by atoms with Crippen molar-refractivity contribution in [3.63, 3.8) is 0 Å². The van der Waals surface area contributed by atoms with Gasteiger partial charge >= 0.3 is 0 Å². The van der Waals surface area contributed by atoms with Crippen LogP contribution in [0.4, 0.5) is 8.78 Å². The molecule has 1 aliphatic heterocycles. The molecule has 1 aliphatic rings. The normalized spacial score (nSPS) is 19.6. The first-order valence-electron chi connectivity index (χ1n) is 6.36. The van der Waals surface area contributed by atoms with Crippen LogP contribution in [0.25, 0.3) is 11.3 Å². The Morgan fingerprint density at radius 3 is 3.00 bits per heavy atom. The molecular formula is C14H14F2N2S. The molecule has 19 heavy (non-hydrogen) atoms. The van der Waals surface area contributed by atoms with Crippen LogP contribution in [0.15, 0.2) is 23.6 Å². The summed E-state index contributed by atoms with van der Waals surface area (Å²) in [4.78, 5) is 4.48. The van der Waals surface area contributed by atoms with Crippen molar-refractivity contribution in [2.45, 2.75) is 18.8 Å². The molecule has 2 heterocycles. The highest BCUT2D eigenvalue weighted by Gasteiger charge is 2.20. The minimum atomic E-state index is -0.827. The summed E-state index contributed by atoms with van der Waals surface area (Å²) in [5.74, 6) is -1.25. The van der Waals surface area contributed by atoms with Gasteiger partial charge in [0.1, 0.15) is 0 Å². The molecule has 1 saturated heterocycles. The summed E-state index contributed by atoms with van der Waals surface area (Å²) in [7, 11) is 0. The van der Waals surface area contributed by atoms with E-state index in [0.29, 0.717) is 11.6 Å². The topological polar surface area (TPSA) is 24.9 Å². The van der Waals surface area contributed by atoms with Gasteiger partial charge in [0, 0.05) is 23.4 Å². The Hall–Kier alpha value is -1.33. The van der Waals surface area contributed by atoms with E-state index >= 15 is 0 Å². The van der Waals surface area contributed by atoms with E-state index in [-0.39, 0.29) is 5.56 Å². The van der Waals surface area contributed by atoms with Crippen LogP contribution in [0, 0.1) is 11.6 Å². The minimum absolute atomic E-state index is 0.242. The zero-order chi connectivity index (χ0) is 13.2. The summed E-state index contributed by atoms with van der Waals surface area (Å²) in [6.45, 7) is 1.96. The number of aromatic nitrogens is 1. The van der Waals surface area contributed by atoms with Crippen molar-refractivity contribution in [2.75, 3.05) is 13.1 Å². The van der Waals surface area contributed by atoms with Gasteiger partial charge in [0.05, 0.1) is 10.7 Å². The number of rotatable bonds is 2. The Morgan fingerprint density at radius 1 is 1.32 bits per heavy atom. The molecule has 1 aromatic carbocycles. The van der Waals surface area contributed by atoms with E-state index in [1.807, 2.05) is 5.38 Å². The molecule has 1 aromatic heterocycles. The molecule has 0 spiro atoms. The second-order valence-electron chi connectivity index (χ2n) is 4.72. The number of hydrogen-bond acceptors (Lipinski definition) is 3. The molecule has 1 N–H and O–H groups in total. The Kier molecular flexibility index (Phi) is 3.57. The lowest BCUT2D eigenvalue weighted by Crippen LogP contribution is -2.28. The zero-order valence-electron chi connectivity index (χ0n) is 10.3. The lowest BCUT2D eigenvalue weighted by Gasteiger charge is -2.20. The molecule has 0 aliphatic carbocycles. The van der Waals surface area contributed by atoms with Crippen molar-refractivity contribution in [3.05, 3.63) is 40.2 Å². The van der Waals surface area contributed by atoms with E-state index in [1.54, 1.807) is 6.07 Å². The summed E-state index contributed by atoms with van der Waals surface area (Å²) in [6.07, 6.45) is 2.24. The van der Waals surface area contributed by atoms with Crippen LogP contribution >= 0.6 is 11.3 Å². The quantitative estimate of drug-likeness (QED) is 0.910. The van der Waals surface area contributed by atoms with Gasteiger partial charge in [-0.05, 0) is 31.5 Å². The monoisotopic (exact) mass is 280 g/mol. The highest BCUT2D eigenvalue weighted by atomic mass is 32.1. The fourth-order valence-electron chi connectivity index (χ4n) is 2.36. The number of halogens is 2. The first kappa shape index (κ1) is 12.7. The molecular weight excluding hydrogens is 266 g/mol. The van der Waals surface area contributed by atoms with E-state index in [9.17, 15) is 8.78 Å². The summed E-state index contributed by atoms with van der Waals surface area (Å²) in [6, 6.07) is 4.20. The fourth-order valence-corrected chi connectivity index (χ4v) is 3.32. The van der Waals surface area contributed by atoms with Gasteiger partial charge in [-0.15, -0.1) is 11.3 Å². The number of hydrogen-bond donors (Lipinski definition) is 1. The van der Waals surface area contributed by atoms with Crippen LogP contribution in [-0.4, -0.2) is 18.1 Å². The van der Waals surface area contributed by atoms with Gasteiger partial charge in [0.25, 0.3) is 0 Å². The zero-order valence-corrected chi connectivity index (χ0v) is 11.1. The molecule has 1 unspecified atom stereocenters. The largest absolute Gasteiger partial charge is 0.316 e. The average molecular weight is 280 g/mol. The Labute approximate surface area is 114 Å². The maximum atomic E-state index is 13.7. The predicted molar refractivity (Wildman–Crippen MR) is 72.3 cm³/mol. The maximum absolute atomic E-state index is 13.7. The predicted octanol–water partition coefficient (Wildman–Crippen LogP) is 3.56. The number of piperidine rings is 1. The maximum Gasteiger partial charge on any atom is 0.168 e. The van der Waals surface area contributed by atoms with Gasteiger partial charge in [-0.2, -0.15) is 0 Å². The van der Waals surface area contributed by atoms with Crippen molar-refractivity contribution >= 4 is 11.3 Å². The lowest BCUT2D eigenvalue weighted by atomic mass is 10.0. The van der Waals surface area contributed by atoms with Crippen LogP contribution in [0.1, 0.15) is 23.8 Å². The van der Waals surface area contributed by atoms with Gasteiger partial charge in [-0.1, -0.05) is 6.07 Å². The molecule has 0 amide bonds. The molecule has 100 valence electrons.